The quantitative estimate of drug-likeness (QED) is 0.154. The Kier molecular flexibility index (Phi) is 9.81. The van der Waals surface area contributed by atoms with Crippen molar-refractivity contribution in [2.24, 2.45) is 11.7 Å². The van der Waals surface area contributed by atoms with E-state index in [9.17, 15) is 10.2 Å². The first-order chi connectivity index (χ1) is 26.4. The van der Waals surface area contributed by atoms with Crippen molar-refractivity contribution in [3.63, 3.8) is 0 Å². The first-order valence-electron chi connectivity index (χ1n) is 20.4. The molecule has 5 N–H and O–H groups in total. The predicted molar refractivity (Wildman–Crippen MR) is 212 cm³/mol. The maximum Gasteiger partial charge on any atom is 0.161 e. The summed E-state index contributed by atoms with van der Waals surface area (Å²) in [6.45, 7) is 3.66. The molecule has 0 amide bonds. The van der Waals surface area contributed by atoms with Crippen LogP contribution in [0.3, 0.4) is 0 Å². The molecule has 1 saturated carbocycles. The van der Waals surface area contributed by atoms with E-state index in [0.29, 0.717) is 50.1 Å². The third-order valence-corrected chi connectivity index (χ3v) is 13.2. The van der Waals surface area contributed by atoms with Crippen molar-refractivity contribution < 1.29 is 24.4 Å². The second kappa shape index (κ2) is 14.9. The molecule has 54 heavy (non-hydrogen) atoms. The van der Waals surface area contributed by atoms with Crippen molar-refractivity contribution in [1.82, 2.24) is 9.88 Å². The van der Waals surface area contributed by atoms with Gasteiger partial charge in [-0.05, 0) is 115 Å². The SMILES string of the molecule is CCCCC[C@H]1C[C@H](O)CCc2ccc(O)c(c2)OCc2cc([C@]34CCO[C@H]5CC[C@H](C[C@H]53)c3ccccc34)cc3cn(cc23)C2=C(C=CC(N)N2)CO1. The number of nitrogens with two attached hydrogens (primary N) is 1. The molecule has 5 aliphatic rings. The van der Waals surface area contributed by atoms with Gasteiger partial charge in [-0.15, -0.1) is 0 Å². The van der Waals surface area contributed by atoms with Gasteiger partial charge >= 0.3 is 0 Å². The number of hydrogen-bond acceptors (Lipinski definition) is 7. The summed E-state index contributed by atoms with van der Waals surface area (Å²) in [5, 5.41) is 28.0. The number of aliphatic hydroxyl groups is 1. The molecule has 1 unspecified atom stereocenters. The molecule has 2 fully saturated rings. The number of aromatic nitrogens is 1. The number of fused-ring (bicyclic) bond motifs is 8. The summed E-state index contributed by atoms with van der Waals surface area (Å²) in [7, 11) is 0. The Morgan fingerprint density at radius 3 is 2.80 bits per heavy atom. The third-order valence-electron chi connectivity index (χ3n) is 13.2. The van der Waals surface area contributed by atoms with Gasteiger partial charge in [-0.2, -0.15) is 0 Å². The maximum absolute atomic E-state index is 11.2. The van der Waals surface area contributed by atoms with Crippen LogP contribution in [-0.4, -0.2) is 52.5 Å². The highest BCUT2D eigenvalue weighted by Crippen LogP contribution is 2.60. The Balaban J connectivity index is 1.19. The summed E-state index contributed by atoms with van der Waals surface area (Å²) in [5.74, 6) is 2.45. The Bertz CT molecular complexity index is 2070. The number of aliphatic hydroxyl groups excluding tert-OH is 1. The molecule has 1 saturated heterocycles. The van der Waals surface area contributed by atoms with E-state index in [1.807, 2.05) is 18.2 Å². The highest BCUT2D eigenvalue weighted by Gasteiger charge is 2.55. The molecular weight excluding hydrogens is 675 g/mol. The third kappa shape index (κ3) is 6.55. The van der Waals surface area contributed by atoms with Crippen LogP contribution in [0.15, 0.2) is 84.7 Å². The lowest BCUT2D eigenvalue weighted by atomic mass is 9.51. The fraction of sp³-hybridized carbons (Fsp3) is 0.478. The normalized spacial score (nSPS) is 29.5. The molecule has 0 radical (unpaired) electrons. The summed E-state index contributed by atoms with van der Waals surface area (Å²) in [6, 6.07) is 19.6. The molecule has 1 aromatic heterocycles. The van der Waals surface area contributed by atoms with Crippen LogP contribution in [0.5, 0.6) is 11.5 Å². The van der Waals surface area contributed by atoms with E-state index in [-0.39, 0.29) is 29.5 Å². The zero-order chi connectivity index (χ0) is 36.8. The number of dihydropyridines is 1. The minimum Gasteiger partial charge on any atom is -0.504 e. The van der Waals surface area contributed by atoms with Gasteiger partial charge < -0.3 is 40.0 Å². The van der Waals surface area contributed by atoms with Gasteiger partial charge in [-0.1, -0.05) is 68.7 Å². The standard InChI is InChI=1S/C46H55N3O5/c1-2-3-4-7-36-24-35(50)14-10-29-11-15-41(51)43(20-29)54-28-33-22-34(21-32-25-49(26-38(32)33)45-31(27-53-36)13-17-44(47)48-45)46-18-19-52-42-16-12-30(23-40(42)46)37-8-5-6-9-39(37)46/h5-6,8-9,11,13,15,17,20-22,25-26,30,35-36,40,42,44,48,50-51H,2-4,7,10,12,14,16,18-19,23-24,27-28,47H2,1H3/t30-,35-,36+,40-,42+,44?,46+/m1/s1. The molecule has 3 aromatic carbocycles. The summed E-state index contributed by atoms with van der Waals surface area (Å²) in [6.07, 6.45) is 18.3. The van der Waals surface area contributed by atoms with E-state index in [4.69, 9.17) is 19.9 Å². The summed E-state index contributed by atoms with van der Waals surface area (Å²) in [5.41, 5.74) is 13.7. The summed E-state index contributed by atoms with van der Waals surface area (Å²) < 4.78 is 21.9. The van der Waals surface area contributed by atoms with Gasteiger partial charge in [0.1, 0.15) is 12.4 Å². The first-order valence-corrected chi connectivity index (χ1v) is 20.4. The fourth-order valence-corrected chi connectivity index (χ4v) is 10.4. The molecule has 2 aliphatic carbocycles. The van der Waals surface area contributed by atoms with Gasteiger partial charge in [-0.3, -0.25) is 0 Å². The molecule has 8 heteroatoms. The minimum absolute atomic E-state index is 0.0694. The second-order valence-corrected chi connectivity index (χ2v) is 16.5. The zero-order valence-electron chi connectivity index (χ0n) is 31.5. The lowest BCUT2D eigenvalue weighted by Crippen LogP contribution is -2.54. The van der Waals surface area contributed by atoms with Crippen LogP contribution in [0.1, 0.15) is 105 Å². The highest BCUT2D eigenvalue weighted by atomic mass is 16.5. The van der Waals surface area contributed by atoms with Crippen LogP contribution < -0.4 is 15.8 Å². The van der Waals surface area contributed by atoms with Gasteiger partial charge in [-0.25, -0.2) is 0 Å². The number of phenols is 1. The van der Waals surface area contributed by atoms with E-state index in [1.54, 1.807) is 6.07 Å². The van der Waals surface area contributed by atoms with Crippen LogP contribution in [0.25, 0.3) is 16.6 Å². The Hall–Kier alpha value is -4.08. The van der Waals surface area contributed by atoms with Crippen LogP contribution in [0.2, 0.25) is 0 Å². The lowest BCUT2D eigenvalue weighted by molar-refractivity contribution is -0.0894. The summed E-state index contributed by atoms with van der Waals surface area (Å²) in [4.78, 5) is 0. The number of unbranched alkanes of at least 4 members (excludes halogenated alkanes) is 2. The summed E-state index contributed by atoms with van der Waals surface area (Å²) >= 11 is 0. The largest absolute Gasteiger partial charge is 0.504 e. The topological polar surface area (TPSA) is 111 Å². The van der Waals surface area contributed by atoms with E-state index >= 15 is 0 Å². The zero-order valence-corrected chi connectivity index (χ0v) is 31.5. The van der Waals surface area contributed by atoms with Crippen molar-refractivity contribution in [3.8, 4) is 11.5 Å². The van der Waals surface area contributed by atoms with E-state index in [0.717, 1.165) is 84.8 Å². The van der Waals surface area contributed by atoms with E-state index < -0.39 is 6.10 Å². The molecule has 284 valence electrons. The number of nitrogens with one attached hydrogen (secondary N) is 1. The van der Waals surface area contributed by atoms with Gasteiger partial charge in [0.25, 0.3) is 0 Å². The number of nitrogens with zero attached hydrogens (tertiary/aromatic N) is 1. The monoisotopic (exact) mass is 729 g/mol. The Labute approximate surface area is 319 Å². The number of benzene rings is 3. The molecule has 4 heterocycles. The number of ether oxygens (including phenoxy) is 3. The highest BCUT2D eigenvalue weighted by molar-refractivity contribution is 5.88. The van der Waals surface area contributed by atoms with Crippen LogP contribution >= 0.6 is 0 Å². The number of phenolic OH excluding ortho intramolecular Hbond substituents is 1. The molecular formula is C46H55N3O5. The number of aryl methyl sites for hydroxylation is 1. The molecule has 7 atom stereocenters. The molecule has 6 bridgehead atoms. The van der Waals surface area contributed by atoms with Gasteiger partial charge in [0, 0.05) is 40.8 Å². The minimum atomic E-state index is -0.508. The molecule has 8 nitrogen and oxygen atoms in total. The van der Waals surface area contributed by atoms with Crippen molar-refractivity contribution >= 4 is 16.6 Å². The number of hydrogen-bond donors (Lipinski definition) is 4. The van der Waals surface area contributed by atoms with Crippen molar-refractivity contribution in [2.45, 2.75) is 120 Å². The second-order valence-electron chi connectivity index (χ2n) is 16.5. The number of rotatable bonds is 5. The van der Waals surface area contributed by atoms with Crippen molar-refractivity contribution in [3.05, 3.63) is 113 Å². The van der Waals surface area contributed by atoms with Crippen molar-refractivity contribution in [2.75, 3.05) is 13.2 Å². The smallest absolute Gasteiger partial charge is 0.161 e. The van der Waals surface area contributed by atoms with Gasteiger partial charge in [0.15, 0.2) is 11.5 Å². The van der Waals surface area contributed by atoms with Crippen LogP contribution in [0.4, 0.5) is 0 Å². The predicted octanol–water partition coefficient (Wildman–Crippen LogP) is 8.17. The Morgan fingerprint density at radius 1 is 0.981 bits per heavy atom. The van der Waals surface area contributed by atoms with Crippen LogP contribution in [0, 0.1) is 5.92 Å². The van der Waals surface area contributed by atoms with Crippen molar-refractivity contribution in [1.29, 1.82) is 0 Å². The molecule has 0 spiro atoms. The van der Waals surface area contributed by atoms with E-state index in [1.165, 1.54) is 23.1 Å². The average Bonchev–Trinajstić information content (AvgIpc) is 3.63. The van der Waals surface area contributed by atoms with E-state index in [2.05, 4.69) is 71.7 Å². The average molecular weight is 730 g/mol. The lowest BCUT2D eigenvalue weighted by Gasteiger charge is -2.56. The van der Waals surface area contributed by atoms with Gasteiger partial charge in [0.2, 0.25) is 0 Å². The molecule has 9 rings (SSSR count). The van der Waals surface area contributed by atoms with Gasteiger partial charge in [0.05, 0.1) is 31.1 Å². The fourth-order valence-electron chi connectivity index (χ4n) is 10.4. The molecule has 4 aromatic rings. The first kappa shape index (κ1) is 35.6. The number of aromatic hydroxyl groups is 1. The Morgan fingerprint density at radius 2 is 1.89 bits per heavy atom. The molecule has 3 aliphatic heterocycles. The van der Waals surface area contributed by atoms with Crippen LogP contribution in [-0.2, 0) is 27.9 Å². The maximum atomic E-state index is 11.2.